The molecule has 2 atom stereocenters. The SMILES string of the molecule is S=CCC(C=S)SSC(C=S)CC=S. The van der Waals surface area contributed by atoms with Gasteiger partial charge in [0.1, 0.15) is 0 Å². The first-order valence-corrected chi connectivity index (χ1v) is 8.04. The normalized spacial score (nSPS) is 14.0. The molecule has 14 heavy (non-hydrogen) atoms. The summed E-state index contributed by atoms with van der Waals surface area (Å²) in [5.74, 6) is 0. The van der Waals surface area contributed by atoms with Crippen molar-refractivity contribution in [3.05, 3.63) is 0 Å². The van der Waals surface area contributed by atoms with Crippen LogP contribution in [0.1, 0.15) is 12.8 Å². The highest BCUT2D eigenvalue weighted by atomic mass is 33.1. The Hall–Kier alpha value is 1.06. The van der Waals surface area contributed by atoms with Crippen LogP contribution < -0.4 is 0 Å². The maximum atomic E-state index is 4.90. The van der Waals surface area contributed by atoms with Crippen molar-refractivity contribution in [1.29, 1.82) is 0 Å². The first-order valence-electron chi connectivity index (χ1n) is 3.88. The standard InChI is InChI=1S/C8H10S6/c9-3-1-7(5-11)13-14-8(6-12)2-4-10/h3-8H,1-2H2. The monoisotopic (exact) mass is 298 g/mol. The largest absolute Gasteiger partial charge is 0.0934 e. The Morgan fingerprint density at radius 3 is 1.36 bits per heavy atom. The summed E-state index contributed by atoms with van der Waals surface area (Å²) in [5, 5.41) is 7.53. The van der Waals surface area contributed by atoms with Crippen LogP contribution in [-0.2, 0) is 0 Å². The van der Waals surface area contributed by atoms with Gasteiger partial charge in [0.05, 0.1) is 0 Å². The highest BCUT2D eigenvalue weighted by molar-refractivity contribution is 8.77. The first kappa shape index (κ1) is 15.1. The molecule has 0 rings (SSSR count). The fourth-order valence-corrected chi connectivity index (χ4v) is 4.59. The van der Waals surface area contributed by atoms with Gasteiger partial charge < -0.3 is 0 Å². The highest BCUT2D eigenvalue weighted by Crippen LogP contribution is 2.32. The summed E-state index contributed by atoms with van der Waals surface area (Å²) in [5.41, 5.74) is 0. The molecule has 0 heterocycles. The molecule has 78 valence electrons. The van der Waals surface area contributed by atoms with Crippen molar-refractivity contribution in [2.24, 2.45) is 0 Å². The van der Waals surface area contributed by atoms with Crippen molar-refractivity contribution < 1.29 is 0 Å². The van der Waals surface area contributed by atoms with Crippen molar-refractivity contribution in [2.75, 3.05) is 0 Å². The smallest absolute Gasteiger partial charge is 0.0477 e. The number of hydrogen-bond donors (Lipinski definition) is 0. The first-order chi connectivity index (χ1) is 6.78. The molecular formula is C8H10S6. The predicted molar refractivity (Wildman–Crippen MR) is 86.6 cm³/mol. The summed E-state index contributed by atoms with van der Waals surface area (Å²) < 4.78 is 0. The van der Waals surface area contributed by atoms with Crippen LogP contribution in [0.2, 0.25) is 0 Å². The third-order valence-electron chi connectivity index (χ3n) is 1.26. The van der Waals surface area contributed by atoms with Crippen LogP contribution >= 0.6 is 70.5 Å². The lowest BCUT2D eigenvalue weighted by atomic mass is 10.4. The predicted octanol–water partition coefficient (Wildman–Crippen LogP) is 3.88. The van der Waals surface area contributed by atoms with Crippen molar-refractivity contribution in [1.82, 2.24) is 0 Å². The van der Waals surface area contributed by atoms with E-state index in [1.165, 1.54) is 0 Å². The third kappa shape index (κ3) is 7.36. The van der Waals surface area contributed by atoms with Crippen LogP contribution in [0.3, 0.4) is 0 Å². The summed E-state index contributed by atoms with van der Waals surface area (Å²) in [6.07, 6.45) is 1.66. The fourth-order valence-electron chi connectivity index (χ4n) is 0.567. The van der Waals surface area contributed by atoms with Gasteiger partial charge in [0, 0.05) is 10.5 Å². The molecule has 0 N–H and O–H groups in total. The number of rotatable bonds is 9. The Morgan fingerprint density at radius 1 is 0.786 bits per heavy atom. The molecule has 0 aromatic carbocycles. The van der Waals surface area contributed by atoms with Gasteiger partial charge in [-0.05, 0) is 34.3 Å². The van der Waals surface area contributed by atoms with E-state index in [0.717, 1.165) is 12.8 Å². The van der Waals surface area contributed by atoms with Crippen molar-refractivity contribution >= 4 is 91.9 Å². The zero-order valence-corrected chi connectivity index (χ0v) is 12.2. The minimum absolute atomic E-state index is 0.301. The molecule has 0 amide bonds. The molecule has 0 aliphatic carbocycles. The Bertz CT molecular complexity index is 180. The summed E-state index contributed by atoms with van der Waals surface area (Å²) in [6, 6.07) is 0. The fraction of sp³-hybridized carbons (Fsp3) is 0.500. The summed E-state index contributed by atoms with van der Waals surface area (Å²) >= 11 is 19.4. The molecule has 0 saturated heterocycles. The molecule has 6 heteroatoms. The zero-order chi connectivity index (χ0) is 10.8. The minimum Gasteiger partial charge on any atom is -0.0934 e. The van der Waals surface area contributed by atoms with E-state index in [4.69, 9.17) is 48.9 Å². The van der Waals surface area contributed by atoms with Crippen LogP contribution in [0.25, 0.3) is 0 Å². The molecule has 0 spiro atoms. The average Bonchev–Trinajstić information content (AvgIpc) is 2.22. The van der Waals surface area contributed by atoms with E-state index in [2.05, 4.69) is 0 Å². The van der Waals surface area contributed by atoms with Crippen molar-refractivity contribution in [3.63, 3.8) is 0 Å². The Labute approximate surface area is 114 Å². The molecule has 0 saturated carbocycles. The lowest BCUT2D eigenvalue weighted by Crippen LogP contribution is -2.05. The number of thiocarbonyl (C=S) groups is 4. The molecule has 0 fully saturated rings. The van der Waals surface area contributed by atoms with Crippen LogP contribution in [0.5, 0.6) is 0 Å². The van der Waals surface area contributed by atoms with Gasteiger partial charge in [-0.2, -0.15) is 0 Å². The Morgan fingerprint density at radius 2 is 1.14 bits per heavy atom. The van der Waals surface area contributed by atoms with E-state index < -0.39 is 0 Å². The molecular weight excluding hydrogens is 288 g/mol. The van der Waals surface area contributed by atoms with Gasteiger partial charge >= 0.3 is 0 Å². The van der Waals surface area contributed by atoms with Gasteiger partial charge in [0.15, 0.2) is 0 Å². The lowest BCUT2D eigenvalue weighted by Gasteiger charge is -2.11. The molecule has 0 nitrogen and oxygen atoms in total. The van der Waals surface area contributed by atoms with E-state index in [0.29, 0.717) is 10.5 Å². The average molecular weight is 299 g/mol. The van der Waals surface area contributed by atoms with Gasteiger partial charge in [-0.25, -0.2) is 0 Å². The van der Waals surface area contributed by atoms with E-state index >= 15 is 0 Å². The minimum atomic E-state index is 0.301. The van der Waals surface area contributed by atoms with Crippen molar-refractivity contribution in [3.8, 4) is 0 Å². The summed E-state index contributed by atoms with van der Waals surface area (Å²) in [6.45, 7) is 0. The van der Waals surface area contributed by atoms with Crippen LogP contribution in [0, 0.1) is 0 Å². The van der Waals surface area contributed by atoms with Gasteiger partial charge in [-0.3, -0.25) is 0 Å². The maximum Gasteiger partial charge on any atom is 0.0477 e. The summed E-state index contributed by atoms with van der Waals surface area (Å²) in [7, 11) is 3.43. The van der Waals surface area contributed by atoms with Crippen LogP contribution in [0.4, 0.5) is 0 Å². The molecule has 0 aliphatic rings. The molecule has 0 aliphatic heterocycles. The van der Waals surface area contributed by atoms with Gasteiger partial charge in [-0.15, -0.1) is 0 Å². The summed E-state index contributed by atoms with van der Waals surface area (Å²) in [4.78, 5) is 0. The van der Waals surface area contributed by atoms with E-state index in [1.54, 1.807) is 43.1 Å². The maximum absolute atomic E-state index is 4.90. The van der Waals surface area contributed by atoms with E-state index in [1.807, 2.05) is 0 Å². The zero-order valence-electron chi connectivity index (χ0n) is 7.33. The highest BCUT2D eigenvalue weighted by Gasteiger charge is 2.09. The topological polar surface area (TPSA) is 0 Å². The quantitative estimate of drug-likeness (QED) is 0.464. The van der Waals surface area contributed by atoms with Crippen molar-refractivity contribution in [2.45, 2.75) is 23.3 Å². The second kappa shape index (κ2) is 10.6. The Kier molecular flexibility index (Phi) is 11.4. The molecule has 2 unspecified atom stereocenters. The van der Waals surface area contributed by atoms with Gasteiger partial charge in [0.2, 0.25) is 0 Å². The number of hydrogen-bond acceptors (Lipinski definition) is 6. The van der Waals surface area contributed by atoms with Gasteiger partial charge in [-0.1, -0.05) is 70.5 Å². The third-order valence-corrected chi connectivity index (χ3v) is 5.73. The van der Waals surface area contributed by atoms with Gasteiger partial charge in [0.25, 0.3) is 0 Å². The van der Waals surface area contributed by atoms with E-state index in [-0.39, 0.29) is 0 Å². The van der Waals surface area contributed by atoms with Crippen LogP contribution in [-0.4, -0.2) is 32.0 Å². The molecule has 0 radical (unpaired) electrons. The Balaban J connectivity index is 3.85. The van der Waals surface area contributed by atoms with Crippen LogP contribution in [0.15, 0.2) is 0 Å². The molecule has 0 bridgehead atoms. The molecule has 0 aromatic heterocycles. The second-order valence-electron chi connectivity index (χ2n) is 2.35. The molecule has 0 aromatic rings. The van der Waals surface area contributed by atoms with E-state index in [9.17, 15) is 0 Å². The lowest BCUT2D eigenvalue weighted by molar-refractivity contribution is 1.25. The second-order valence-corrected chi connectivity index (χ2v) is 6.31.